The predicted molar refractivity (Wildman–Crippen MR) is 79.7 cm³/mol. The fraction of sp³-hybridized carbons (Fsp3) is 0.267. The van der Waals surface area contributed by atoms with Gasteiger partial charge < -0.3 is 10.2 Å². The molecule has 1 aliphatic rings. The third-order valence-electron chi connectivity index (χ3n) is 3.39. The van der Waals surface area contributed by atoms with Gasteiger partial charge in [-0.3, -0.25) is 0 Å². The Labute approximate surface area is 118 Å². The maximum Gasteiger partial charge on any atom is 0.134 e. The third-order valence-corrected chi connectivity index (χ3v) is 3.39. The van der Waals surface area contributed by atoms with Gasteiger partial charge in [-0.2, -0.15) is 0 Å². The lowest BCUT2D eigenvalue weighted by atomic mass is 10.1. The lowest BCUT2D eigenvalue weighted by molar-refractivity contribution is 0.698. The summed E-state index contributed by atoms with van der Waals surface area (Å²) < 4.78 is 0. The van der Waals surface area contributed by atoms with E-state index in [1.54, 1.807) is 6.33 Å². The highest BCUT2D eigenvalue weighted by atomic mass is 15.2. The van der Waals surface area contributed by atoms with Crippen LogP contribution in [0.25, 0.3) is 0 Å². The fourth-order valence-corrected chi connectivity index (χ4v) is 2.40. The Balaban J connectivity index is 1.87. The van der Waals surface area contributed by atoms with Gasteiger partial charge in [0.2, 0.25) is 0 Å². The van der Waals surface area contributed by atoms with Crippen LogP contribution in [0.15, 0.2) is 43.4 Å². The van der Waals surface area contributed by atoms with Crippen LogP contribution in [-0.2, 0) is 13.0 Å². The van der Waals surface area contributed by atoms with Crippen molar-refractivity contribution in [3.8, 4) is 0 Å². The Bertz CT molecular complexity index is 596. The Morgan fingerprint density at radius 2 is 2.25 bits per heavy atom. The standard InChI is InChI=1S/C15H17N5/c1-2-7-17-15-12-10-20(14-5-3-4-8-16-14)9-6-13(12)18-11-19-15/h2-5,8,11H,1,6-7,9-10H2,(H,17,18,19). The molecular weight excluding hydrogens is 250 g/mol. The first-order valence-electron chi connectivity index (χ1n) is 6.72. The van der Waals surface area contributed by atoms with Crippen molar-refractivity contribution in [2.45, 2.75) is 13.0 Å². The number of fused-ring (bicyclic) bond motifs is 1. The van der Waals surface area contributed by atoms with Crippen LogP contribution >= 0.6 is 0 Å². The summed E-state index contributed by atoms with van der Waals surface area (Å²) in [5, 5.41) is 3.28. The molecule has 2 aromatic rings. The summed E-state index contributed by atoms with van der Waals surface area (Å²) in [5.74, 6) is 1.90. The number of hydrogen-bond acceptors (Lipinski definition) is 5. The van der Waals surface area contributed by atoms with Crippen molar-refractivity contribution in [1.29, 1.82) is 0 Å². The average Bonchev–Trinajstić information content (AvgIpc) is 2.53. The molecular formula is C15H17N5. The smallest absolute Gasteiger partial charge is 0.134 e. The van der Waals surface area contributed by atoms with Crippen molar-refractivity contribution in [3.63, 3.8) is 0 Å². The molecule has 5 nitrogen and oxygen atoms in total. The summed E-state index contributed by atoms with van der Waals surface area (Å²) in [6.45, 7) is 6.14. The van der Waals surface area contributed by atoms with Gasteiger partial charge >= 0.3 is 0 Å². The summed E-state index contributed by atoms with van der Waals surface area (Å²) in [6.07, 6.45) is 6.19. The molecule has 1 aliphatic heterocycles. The maximum absolute atomic E-state index is 4.42. The number of hydrogen-bond donors (Lipinski definition) is 1. The highest BCUT2D eigenvalue weighted by Crippen LogP contribution is 2.25. The van der Waals surface area contributed by atoms with Crippen molar-refractivity contribution in [3.05, 3.63) is 54.6 Å². The highest BCUT2D eigenvalue weighted by Gasteiger charge is 2.21. The molecule has 5 heteroatoms. The third kappa shape index (κ3) is 2.47. The topological polar surface area (TPSA) is 53.9 Å². The molecule has 102 valence electrons. The summed E-state index contributed by atoms with van der Waals surface area (Å²) in [7, 11) is 0. The Kier molecular flexibility index (Phi) is 3.58. The van der Waals surface area contributed by atoms with Crippen molar-refractivity contribution < 1.29 is 0 Å². The summed E-state index contributed by atoms with van der Waals surface area (Å²) in [4.78, 5) is 15.4. The molecule has 0 radical (unpaired) electrons. The van der Waals surface area contributed by atoms with Crippen molar-refractivity contribution in [2.24, 2.45) is 0 Å². The molecule has 0 fully saturated rings. The van der Waals surface area contributed by atoms with E-state index in [2.05, 4.69) is 31.7 Å². The van der Waals surface area contributed by atoms with Crippen molar-refractivity contribution in [1.82, 2.24) is 15.0 Å². The van der Waals surface area contributed by atoms with Gasteiger partial charge in [0.05, 0.1) is 5.69 Å². The SMILES string of the molecule is C=CCNc1ncnc2c1CN(c1ccccn1)CC2. The molecule has 0 spiro atoms. The Hall–Kier alpha value is -2.43. The second-order valence-electron chi connectivity index (χ2n) is 4.68. The normalized spacial score (nSPS) is 13.7. The quantitative estimate of drug-likeness (QED) is 0.859. The van der Waals surface area contributed by atoms with E-state index in [9.17, 15) is 0 Å². The van der Waals surface area contributed by atoms with E-state index >= 15 is 0 Å². The largest absolute Gasteiger partial charge is 0.366 e. The highest BCUT2D eigenvalue weighted by molar-refractivity contribution is 5.52. The van der Waals surface area contributed by atoms with Gasteiger partial charge in [0.15, 0.2) is 0 Å². The van der Waals surface area contributed by atoms with E-state index < -0.39 is 0 Å². The number of nitrogens with one attached hydrogen (secondary N) is 1. The van der Waals surface area contributed by atoms with E-state index in [-0.39, 0.29) is 0 Å². The van der Waals surface area contributed by atoms with Crippen LogP contribution in [0, 0.1) is 0 Å². The van der Waals surface area contributed by atoms with E-state index in [1.807, 2.05) is 30.5 Å². The van der Waals surface area contributed by atoms with Crippen LogP contribution in [0.1, 0.15) is 11.3 Å². The first-order chi connectivity index (χ1) is 9.88. The number of anilines is 2. The van der Waals surface area contributed by atoms with Crippen LogP contribution in [0.5, 0.6) is 0 Å². The minimum Gasteiger partial charge on any atom is -0.366 e. The van der Waals surface area contributed by atoms with Gasteiger partial charge in [-0.1, -0.05) is 12.1 Å². The molecule has 0 saturated carbocycles. The Morgan fingerprint density at radius 1 is 1.30 bits per heavy atom. The van der Waals surface area contributed by atoms with Crippen LogP contribution in [0.4, 0.5) is 11.6 Å². The molecule has 0 unspecified atom stereocenters. The molecule has 3 heterocycles. The molecule has 0 atom stereocenters. The van der Waals surface area contributed by atoms with Crippen LogP contribution in [-0.4, -0.2) is 28.0 Å². The zero-order valence-corrected chi connectivity index (χ0v) is 11.3. The van der Waals surface area contributed by atoms with Gasteiger partial charge in [0.1, 0.15) is 18.0 Å². The van der Waals surface area contributed by atoms with Crippen LogP contribution in [0.2, 0.25) is 0 Å². The minimum absolute atomic E-state index is 0.701. The Morgan fingerprint density at radius 3 is 3.05 bits per heavy atom. The summed E-state index contributed by atoms with van der Waals surface area (Å²) in [6, 6.07) is 5.98. The second-order valence-corrected chi connectivity index (χ2v) is 4.68. The van der Waals surface area contributed by atoms with E-state index in [0.717, 1.165) is 42.4 Å². The van der Waals surface area contributed by atoms with Gasteiger partial charge in [0, 0.05) is 37.8 Å². The fourth-order valence-electron chi connectivity index (χ4n) is 2.40. The van der Waals surface area contributed by atoms with E-state index in [0.29, 0.717) is 6.54 Å². The minimum atomic E-state index is 0.701. The zero-order chi connectivity index (χ0) is 13.8. The molecule has 0 aliphatic carbocycles. The lowest BCUT2D eigenvalue weighted by Gasteiger charge is -2.30. The number of rotatable bonds is 4. The predicted octanol–water partition coefficient (Wildman–Crippen LogP) is 2.03. The monoisotopic (exact) mass is 267 g/mol. The van der Waals surface area contributed by atoms with E-state index in [4.69, 9.17) is 0 Å². The number of aromatic nitrogens is 3. The molecule has 0 saturated heterocycles. The maximum atomic E-state index is 4.42. The molecule has 0 bridgehead atoms. The number of pyridine rings is 1. The molecule has 0 aromatic carbocycles. The first-order valence-corrected chi connectivity index (χ1v) is 6.72. The zero-order valence-electron chi connectivity index (χ0n) is 11.3. The van der Waals surface area contributed by atoms with Gasteiger partial charge in [-0.15, -0.1) is 6.58 Å². The summed E-state index contributed by atoms with van der Waals surface area (Å²) >= 11 is 0. The van der Waals surface area contributed by atoms with Gasteiger partial charge in [-0.05, 0) is 12.1 Å². The molecule has 0 amide bonds. The van der Waals surface area contributed by atoms with Crippen molar-refractivity contribution >= 4 is 11.6 Å². The van der Waals surface area contributed by atoms with E-state index in [1.165, 1.54) is 0 Å². The summed E-state index contributed by atoms with van der Waals surface area (Å²) in [5.41, 5.74) is 2.28. The van der Waals surface area contributed by atoms with Gasteiger partial charge in [-0.25, -0.2) is 15.0 Å². The molecule has 3 rings (SSSR count). The van der Waals surface area contributed by atoms with Gasteiger partial charge in [0.25, 0.3) is 0 Å². The molecule has 1 N–H and O–H groups in total. The van der Waals surface area contributed by atoms with Crippen molar-refractivity contribution in [2.75, 3.05) is 23.3 Å². The molecule has 20 heavy (non-hydrogen) atoms. The number of nitrogens with zero attached hydrogens (tertiary/aromatic N) is 4. The molecule has 2 aromatic heterocycles. The van der Waals surface area contributed by atoms with Crippen LogP contribution in [0.3, 0.4) is 0 Å². The second kappa shape index (κ2) is 5.69. The average molecular weight is 267 g/mol. The van der Waals surface area contributed by atoms with Crippen LogP contribution < -0.4 is 10.2 Å². The lowest BCUT2D eigenvalue weighted by Crippen LogP contribution is -2.32. The first kappa shape index (κ1) is 12.6.